The van der Waals surface area contributed by atoms with Crippen LogP contribution in [0.4, 0.5) is 4.39 Å². The zero-order valence-electron chi connectivity index (χ0n) is 11.0. The lowest BCUT2D eigenvalue weighted by atomic mass is 10.1. The van der Waals surface area contributed by atoms with Crippen molar-refractivity contribution in [1.29, 1.82) is 0 Å². The third kappa shape index (κ3) is 3.02. The summed E-state index contributed by atoms with van der Waals surface area (Å²) in [5.74, 6) is 0.768. The van der Waals surface area contributed by atoms with Crippen molar-refractivity contribution in [2.45, 2.75) is 13.1 Å². The van der Waals surface area contributed by atoms with Crippen LogP contribution in [0, 0.1) is 5.82 Å². The highest BCUT2D eigenvalue weighted by Crippen LogP contribution is 2.24. The molecule has 0 unspecified atom stereocenters. The van der Waals surface area contributed by atoms with Crippen LogP contribution in [0.1, 0.15) is 11.1 Å². The van der Waals surface area contributed by atoms with E-state index in [1.54, 1.807) is 0 Å². The van der Waals surface area contributed by atoms with E-state index >= 15 is 0 Å². The maximum atomic E-state index is 13.9. The van der Waals surface area contributed by atoms with Gasteiger partial charge in [-0.3, -0.25) is 4.90 Å². The fraction of sp³-hybridized carbons (Fsp3) is 0.250. The summed E-state index contributed by atoms with van der Waals surface area (Å²) in [6.45, 7) is 2.81. The van der Waals surface area contributed by atoms with Crippen molar-refractivity contribution in [1.82, 2.24) is 4.90 Å². The zero-order chi connectivity index (χ0) is 13.9. The predicted molar refractivity (Wildman–Crippen MR) is 80.2 cm³/mol. The van der Waals surface area contributed by atoms with Gasteiger partial charge >= 0.3 is 0 Å². The Morgan fingerprint density at radius 2 is 2.05 bits per heavy atom. The third-order valence-electron chi connectivity index (χ3n) is 3.44. The van der Waals surface area contributed by atoms with Gasteiger partial charge in [-0.25, -0.2) is 4.39 Å². The highest BCUT2D eigenvalue weighted by atomic mass is 79.9. The topological polar surface area (TPSA) is 12.5 Å². The lowest BCUT2D eigenvalue weighted by molar-refractivity contribution is 0.217. The fourth-order valence-electron chi connectivity index (χ4n) is 2.41. The molecule has 0 aliphatic carbocycles. The highest BCUT2D eigenvalue weighted by molar-refractivity contribution is 9.10. The summed E-state index contributed by atoms with van der Waals surface area (Å²) in [6.07, 6.45) is 0. The van der Waals surface area contributed by atoms with Crippen molar-refractivity contribution >= 4 is 15.9 Å². The van der Waals surface area contributed by atoms with Gasteiger partial charge in [-0.15, -0.1) is 0 Å². The van der Waals surface area contributed by atoms with Crippen LogP contribution in [0.25, 0.3) is 0 Å². The largest absolute Gasteiger partial charge is 0.492 e. The molecule has 2 aromatic carbocycles. The van der Waals surface area contributed by atoms with Crippen molar-refractivity contribution in [3.8, 4) is 5.75 Å². The molecule has 3 rings (SSSR count). The molecule has 4 heteroatoms. The van der Waals surface area contributed by atoms with Crippen LogP contribution in [-0.4, -0.2) is 18.1 Å². The molecule has 0 radical (unpaired) electrons. The summed E-state index contributed by atoms with van der Waals surface area (Å²) in [7, 11) is 0. The van der Waals surface area contributed by atoms with Crippen molar-refractivity contribution in [2.24, 2.45) is 0 Å². The molecule has 1 heterocycles. The van der Waals surface area contributed by atoms with Crippen molar-refractivity contribution in [3.63, 3.8) is 0 Å². The monoisotopic (exact) mass is 335 g/mol. The molecule has 0 saturated carbocycles. The maximum Gasteiger partial charge on any atom is 0.128 e. The molecule has 104 valence electrons. The van der Waals surface area contributed by atoms with E-state index < -0.39 is 0 Å². The summed E-state index contributed by atoms with van der Waals surface area (Å²) < 4.78 is 20.4. The van der Waals surface area contributed by atoms with Crippen LogP contribution in [0.3, 0.4) is 0 Å². The summed E-state index contributed by atoms with van der Waals surface area (Å²) in [5, 5.41) is 0. The number of hydrogen-bond donors (Lipinski definition) is 0. The first kappa shape index (κ1) is 13.6. The maximum absolute atomic E-state index is 13.9. The lowest BCUT2D eigenvalue weighted by Crippen LogP contribution is -2.25. The molecular weight excluding hydrogens is 321 g/mol. The van der Waals surface area contributed by atoms with Gasteiger partial charge in [-0.2, -0.15) is 0 Å². The molecule has 0 fully saturated rings. The minimum atomic E-state index is -0.169. The van der Waals surface area contributed by atoms with Crippen molar-refractivity contribution < 1.29 is 9.13 Å². The molecule has 1 aliphatic heterocycles. The summed E-state index contributed by atoms with van der Waals surface area (Å²) in [4.78, 5) is 2.21. The minimum Gasteiger partial charge on any atom is -0.492 e. The van der Waals surface area contributed by atoms with E-state index in [0.29, 0.717) is 18.7 Å². The van der Waals surface area contributed by atoms with E-state index in [-0.39, 0.29) is 5.82 Å². The molecule has 0 amide bonds. The lowest BCUT2D eigenvalue weighted by Gasteiger charge is -2.19. The highest BCUT2D eigenvalue weighted by Gasteiger charge is 2.16. The smallest absolute Gasteiger partial charge is 0.128 e. The molecule has 0 atom stereocenters. The number of nitrogens with zero attached hydrogens (tertiary/aromatic N) is 1. The summed E-state index contributed by atoms with van der Waals surface area (Å²) >= 11 is 3.28. The van der Waals surface area contributed by atoms with Crippen LogP contribution in [0.2, 0.25) is 0 Å². The number of ether oxygens (including phenoxy) is 1. The van der Waals surface area contributed by atoms with Gasteiger partial charge in [0.25, 0.3) is 0 Å². The van der Waals surface area contributed by atoms with Crippen molar-refractivity contribution in [3.05, 3.63) is 63.9 Å². The number of fused-ring (bicyclic) bond motifs is 1. The quantitative estimate of drug-likeness (QED) is 0.822. The van der Waals surface area contributed by atoms with Crippen LogP contribution in [0.5, 0.6) is 5.75 Å². The molecule has 0 bridgehead atoms. The number of para-hydroxylation sites is 1. The van der Waals surface area contributed by atoms with Gasteiger partial charge in [-0.05, 0) is 18.2 Å². The second-order valence-electron chi connectivity index (χ2n) is 4.90. The Morgan fingerprint density at radius 1 is 1.20 bits per heavy atom. The standard InChI is InChI=1S/C16H15BrFNO/c17-14-6-5-12(15(18)9-14)10-19-7-8-20-16-4-2-1-3-13(16)11-19/h1-6,9H,7-8,10-11H2. The second kappa shape index (κ2) is 5.94. The second-order valence-corrected chi connectivity index (χ2v) is 5.82. The molecule has 1 aliphatic rings. The molecule has 0 aromatic heterocycles. The van der Waals surface area contributed by atoms with E-state index in [4.69, 9.17) is 4.74 Å². The third-order valence-corrected chi connectivity index (χ3v) is 3.93. The summed E-state index contributed by atoms with van der Waals surface area (Å²) in [5.41, 5.74) is 1.87. The predicted octanol–water partition coefficient (Wildman–Crippen LogP) is 3.98. The van der Waals surface area contributed by atoms with E-state index in [1.807, 2.05) is 30.3 Å². The van der Waals surface area contributed by atoms with E-state index in [1.165, 1.54) is 6.07 Å². The minimum absolute atomic E-state index is 0.169. The summed E-state index contributed by atoms with van der Waals surface area (Å²) in [6, 6.07) is 13.2. The van der Waals surface area contributed by atoms with Crippen LogP contribution < -0.4 is 4.74 Å². The number of rotatable bonds is 2. The number of halogens is 2. The van der Waals surface area contributed by atoms with Gasteiger partial charge in [0.1, 0.15) is 18.2 Å². The first-order chi connectivity index (χ1) is 9.72. The number of hydrogen-bond acceptors (Lipinski definition) is 2. The van der Waals surface area contributed by atoms with Gasteiger partial charge in [0.05, 0.1) is 0 Å². The molecule has 0 saturated heterocycles. The first-order valence-corrected chi connectivity index (χ1v) is 7.38. The Kier molecular flexibility index (Phi) is 4.03. The van der Waals surface area contributed by atoms with Crippen LogP contribution in [-0.2, 0) is 13.1 Å². The van der Waals surface area contributed by atoms with Crippen LogP contribution >= 0.6 is 15.9 Å². The van der Waals surface area contributed by atoms with Gasteiger partial charge in [-0.1, -0.05) is 40.2 Å². The van der Waals surface area contributed by atoms with Gasteiger partial charge in [0.15, 0.2) is 0 Å². The Morgan fingerprint density at radius 3 is 2.90 bits per heavy atom. The Labute approximate surface area is 126 Å². The molecule has 0 spiro atoms. The van der Waals surface area contributed by atoms with Gasteiger partial charge < -0.3 is 4.74 Å². The molecule has 0 N–H and O–H groups in total. The molecule has 2 nitrogen and oxygen atoms in total. The van der Waals surface area contributed by atoms with E-state index in [9.17, 15) is 4.39 Å². The molecule has 2 aromatic rings. The fourth-order valence-corrected chi connectivity index (χ4v) is 2.74. The Bertz CT molecular complexity index is 617. The van der Waals surface area contributed by atoms with Crippen LogP contribution in [0.15, 0.2) is 46.9 Å². The average Bonchev–Trinajstić information content (AvgIpc) is 2.63. The first-order valence-electron chi connectivity index (χ1n) is 6.59. The van der Waals surface area contributed by atoms with Gasteiger partial charge in [0.2, 0.25) is 0 Å². The normalized spacial score (nSPS) is 15.3. The zero-order valence-corrected chi connectivity index (χ0v) is 12.6. The SMILES string of the molecule is Fc1cc(Br)ccc1CN1CCOc2ccccc2C1. The number of benzene rings is 2. The molecular formula is C16H15BrFNO. The van der Waals surface area contributed by atoms with Crippen molar-refractivity contribution in [2.75, 3.05) is 13.2 Å². The Balaban J connectivity index is 1.78. The van der Waals surface area contributed by atoms with Gasteiger partial charge in [0, 0.05) is 35.2 Å². The average molecular weight is 336 g/mol. The van der Waals surface area contributed by atoms with E-state index in [0.717, 1.165) is 28.9 Å². The Hall–Kier alpha value is -1.39. The van der Waals surface area contributed by atoms with E-state index in [2.05, 4.69) is 26.9 Å². The molecule has 20 heavy (non-hydrogen) atoms.